The fraction of sp³-hybridized carbons (Fsp3) is 0.929. The molecule has 0 heterocycles. The van der Waals surface area contributed by atoms with Gasteiger partial charge in [0.1, 0.15) is 5.54 Å². The van der Waals surface area contributed by atoms with Crippen LogP contribution in [-0.2, 0) is 9.53 Å². The molecule has 0 amide bonds. The van der Waals surface area contributed by atoms with E-state index in [4.69, 9.17) is 4.74 Å². The van der Waals surface area contributed by atoms with E-state index in [2.05, 4.69) is 26.1 Å². The number of carbonyl (C=O) groups is 1. The summed E-state index contributed by atoms with van der Waals surface area (Å²) in [7, 11) is 0. The first kappa shape index (κ1) is 17.8. The van der Waals surface area contributed by atoms with E-state index in [0.29, 0.717) is 12.5 Å². The lowest BCUT2D eigenvalue weighted by molar-refractivity contribution is -0.149. The van der Waals surface area contributed by atoms with E-state index in [0.717, 1.165) is 24.5 Å². The third-order valence-corrected chi connectivity index (χ3v) is 4.57. The summed E-state index contributed by atoms with van der Waals surface area (Å²) in [5.41, 5.74) is -0.551. The molecule has 0 aromatic rings. The lowest BCUT2D eigenvalue weighted by Gasteiger charge is -2.28. The molecule has 1 N–H and O–H groups in total. The van der Waals surface area contributed by atoms with Crippen molar-refractivity contribution >= 4 is 17.7 Å². The Bertz CT molecular complexity index is 236. The molecule has 2 unspecified atom stereocenters. The highest BCUT2D eigenvalue weighted by molar-refractivity contribution is 7.99. The van der Waals surface area contributed by atoms with E-state index in [9.17, 15) is 4.79 Å². The molecule has 0 aromatic carbocycles. The van der Waals surface area contributed by atoms with Crippen molar-refractivity contribution in [3.05, 3.63) is 0 Å². The number of hydrogen-bond acceptors (Lipinski definition) is 4. The van der Waals surface area contributed by atoms with Crippen LogP contribution in [0.1, 0.15) is 47.5 Å². The van der Waals surface area contributed by atoms with Crippen molar-refractivity contribution in [2.45, 2.75) is 53.0 Å². The first-order chi connectivity index (χ1) is 8.50. The largest absolute Gasteiger partial charge is 0.465 e. The van der Waals surface area contributed by atoms with E-state index in [-0.39, 0.29) is 5.97 Å². The van der Waals surface area contributed by atoms with Crippen molar-refractivity contribution in [2.24, 2.45) is 5.92 Å². The van der Waals surface area contributed by atoms with Gasteiger partial charge in [-0.3, -0.25) is 4.79 Å². The van der Waals surface area contributed by atoms with Gasteiger partial charge in [-0.25, -0.2) is 0 Å². The Morgan fingerprint density at radius 2 is 2.06 bits per heavy atom. The Morgan fingerprint density at radius 3 is 2.56 bits per heavy atom. The average molecular weight is 275 g/mol. The van der Waals surface area contributed by atoms with Crippen molar-refractivity contribution in [3.63, 3.8) is 0 Å². The van der Waals surface area contributed by atoms with Gasteiger partial charge in [-0.15, -0.1) is 0 Å². The van der Waals surface area contributed by atoms with Crippen LogP contribution in [0.4, 0.5) is 0 Å². The van der Waals surface area contributed by atoms with Crippen molar-refractivity contribution in [1.29, 1.82) is 0 Å². The predicted octanol–water partition coefficient (Wildman–Crippen LogP) is 3.09. The Morgan fingerprint density at radius 1 is 1.39 bits per heavy atom. The molecule has 2 atom stereocenters. The van der Waals surface area contributed by atoms with E-state index in [1.54, 1.807) is 0 Å². The molecule has 0 aliphatic carbocycles. The monoisotopic (exact) mass is 275 g/mol. The molecule has 4 heteroatoms. The van der Waals surface area contributed by atoms with Crippen LogP contribution in [-0.4, -0.2) is 36.2 Å². The summed E-state index contributed by atoms with van der Waals surface area (Å²) < 4.78 is 5.17. The number of carbonyl (C=O) groups excluding carboxylic acids is 1. The fourth-order valence-electron chi connectivity index (χ4n) is 1.46. The molecular weight excluding hydrogens is 246 g/mol. The first-order valence-electron chi connectivity index (χ1n) is 7.00. The topological polar surface area (TPSA) is 38.3 Å². The van der Waals surface area contributed by atoms with Crippen LogP contribution in [0.15, 0.2) is 0 Å². The van der Waals surface area contributed by atoms with Gasteiger partial charge in [0.15, 0.2) is 0 Å². The molecule has 0 fully saturated rings. The Balaban J connectivity index is 4.32. The number of esters is 1. The van der Waals surface area contributed by atoms with Gasteiger partial charge in [-0.1, -0.05) is 27.2 Å². The van der Waals surface area contributed by atoms with Gasteiger partial charge in [0.25, 0.3) is 0 Å². The summed E-state index contributed by atoms with van der Waals surface area (Å²) in [5.74, 6) is 2.44. The standard InChI is InChI=1S/C14H29NO2S/c1-6-9-15-14(5,13(16)17-8-3)11-18-10-12(4)7-2/h12,15H,6-11H2,1-5H3. The highest BCUT2D eigenvalue weighted by Gasteiger charge is 2.33. The molecule has 0 radical (unpaired) electrons. The van der Waals surface area contributed by atoms with Crippen molar-refractivity contribution in [2.75, 3.05) is 24.7 Å². The minimum absolute atomic E-state index is 0.130. The minimum atomic E-state index is -0.551. The molecule has 0 aliphatic rings. The number of nitrogens with one attached hydrogen (secondary N) is 1. The van der Waals surface area contributed by atoms with Crippen LogP contribution >= 0.6 is 11.8 Å². The molecule has 0 spiro atoms. The van der Waals surface area contributed by atoms with Gasteiger partial charge >= 0.3 is 5.97 Å². The second-order valence-corrected chi connectivity index (χ2v) is 6.04. The number of hydrogen-bond donors (Lipinski definition) is 1. The Kier molecular flexibility index (Phi) is 9.56. The highest BCUT2D eigenvalue weighted by Crippen LogP contribution is 2.19. The highest BCUT2D eigenvalue weighted by atomic mass is 32.2. The van der Waals surface area contributed by atoms with Crippen LogP contribution < -0.4 is 5.32 Å². The van der Waals surface area contributed by atoms with Crippen LogP contribution in [0.3, 0.4) is 0 Å². The van der Waals surface area contributed by atoms with E-state index < -0.39 is 5.54 Å². The molecule has 0 aromatic heterocycles. The second kappa shape index (κ2) is 9.68. The number of ether oxygens (including phenoxy) is 1. The number of rotatable bonds is 10. The lowest BCUT2D eigenvalue weighted by atomic mass is 10.1. The first-order valence-corrected chi connectivity index (χ1v) is 8.15. The zero-order valence-electron chi connectivity index (χ0n) is 12.5. The van der Waals surface area contributed by atoms with Gasteiger partial charge < -0.3 is 10.1 Å². The molecule has 18 heavy (non-hydrogen) atoms. The summed E-state index contributed by atoms with van der Waals surface area (Å²) in [5, 5.41) is 3.33. The third kappa shape index (κ3) is 6.64. The quantitative estimate of drug-likeness (QED) is 0.622. The summed E-state index contributed by atoms with van der Waals surface area (Å²) in [6.45, 7) is 11.6. The van der Waals surface area contributed by atoms with Crippen LogP contribution in [0.25, 0.3) is 0 Å². The van der Waals surface area contributed by atoms with Gasteiger partial charge in [0, 0.05) is 5.75 Å². The van der Waals surface area contributed by atoms with E-state index >= 15 is 0 Å². The average Bonchev–Trinajstić information content (AvgIpc) is 2.36. The summed E-state index contributed by atoms with van der Waals surface area (Å²) in [6, 6.07) is 0. The zero-order chi connectivity index (χ0) is 14.0. The molecule has 0 rings (SSSR count). The predicted molar refractivity (Wildman–Crippen MR) is 80.1 cm³/mol. The van der Waals surface area contributed by atoms with Crippen molar-refractivity contribution in [1.82, 2.24) is 5.32 Å². The Labute approximate surface area is 116 Å². The molecule has 108 valence electrons. The Hall–Kier alpha value is -0.220. The van der Waals surface area contributed by atoms with Gasteiger partial charge in [-0.05, 0) is 38.5 Å². The molecule has 0 bridgehead atoms. The summed E-state index contributed by atoms with van der Waals surface area (Å²) in [6.07, 6.45) is 2.20. The second-order valence-electron chi connectivity index (χ2n) is 5.01. The number of thioether (sulfide) groups is 1. The van der Waals surface area contributed by atoms with Crippen LogP contribution in [0.5, 0.6) is 0 Å². The van der Waals surface area contributed by atoms with Gasteiger partial charge in [0.05, 0.1) is 6.61 Å². The molecule has 0 saturated heterocycles. The van der Waals surface area contributed by atoms with Gasteiger partial charge in [-0.2, -0.15) is 11.8 Å². The summed E-state index contributed by atoms with van der Waals surface area (Å²) >= 11 is 1.83. The maximum absolute atomic E-state index is 12.0. The maximum atomic E-state index is 12.0. The molecule has 0 aliphatic heterocycles. The lowest BCUT2D eigenvalue weighted by Crippen LogP contribution is -2.53. The summed E-state index contributed by atoms with van der Waals surface area (Å²) in [4.78, 5) is 12.0. The SMILES string of the molecule is CCCNC(C)(CSCC(C)CC)C(=O)OCC. The van der Waals surface area contributed by atoms with E-state index in [1.165, 1.54) is 6.42 Å². The third-order valence-electron chi connectivity index (χ3n) is 2.98. The fourth-order valence-corrected chi connectivity index (χ4v) is 2.84. The molecule has 3 nitrogen and oxygen atoms in total. The van der Waals surface area contributed by atoms with Crippen LogP contribution in [0.2, 0.25) is 0 Å². The zero-order valence-corrected chi connectivity index (χ0v) is 13.4. The van der Waals surface area contributed by atoms with E-state index in [1.807, 2.05) is 25.6 Å². The normalized spacial score (nSPS) is 16.1. The van der Waals surface area contributed by atoms with Crippen LogP contribution in [0, 0.1) is 5.92 Å². The smallest absolute Gasteiger partial charge is 0.326 e. The molecular formula is C14H29NO2S. The van der Waals surface area contributed by atoms with Gasteiger partial charge in [0.2, 0.25) is 0 Å². The minimum Gasteiger partial charge on any atom is -0.465 e. The maximum Gasteiger partial charge on any atom is 0.326 e. The van der Waals surface area contributed by atoms with Crippen molar-refractivity contribution in [3.8, 4) is 0 Å². The molecule has 0 saturated carbocycles. The van der Waals surface area contributed by atoms with Crippen molar-refractivity contribution < 1.29 is 9.53 Å².